The topological polar surface area (TPSA) is 21.3 Å². The fourth-order valence-corrected chi connectivity index (χ4v) is 3.57. The fourth-order valence-electron chi connectivity index (χ4n) is 3.57. The van der Waals surface area contributed by atoms with Crippen LogP contribution in [0.15, 0.2) is 12.1 Å². The van der Waals surface area contributed by atoms with Gasteiger partial charge in [0.1, 0.15) is 0 Å². The first-order chi connectivity index (χ1) is 9.99. The van der Waals surface area contributed by atoms with Gasteiger partial charge in [0, 0.05) is 19.1 Å². The third-order valence-electron chi connectivity index (χ3n) is 4.43. The molecule has 0 spiro atoms. The average molecular weight is 289 g/mol. The molecule has 1 aliphatic heterocycles. The Morgan fingerprint density at radius 1 is 1.19 bits per heavy atom. The van der Waals surface area contributed by atoms with Gasteiger partial charge < -0.3 is 10.1 Å². The summed E-state index contributed by atoms with van der Waals surface area (Å²) in [5.41, 5.74) is 5.54. The summed E-state index contributed by atoms with van der Waals surface area (Å²) in [4.78, 5) is 0. The number of rotatable bonds is 5. The van der Waals surface area contributed by atoms with Crippen LogP contribution in [0, 0.1) is 32.6 Å². The summed E-state index contributed by atoms with van der Waals surface area (Å²) >= 11 is 0. The van der Waals surface area contributed by atoms with E-state index in [-0.39, 0.29) is 6.10 Å². The van der Waals surface area contributed by atoms with Crippen LogP contribution >= 0.6 is 0 Å². The lowest BCUT2D eigenvalue weighted by atomic mass is 9.84. The first-order valence-corrected chi connectivity index (χ1v) is 8.39. The lowest BCUT2D eigenvalue weighted by Crippen LogP contribution is -2.34. The van der Waals surface area contributed by atoms with Crippen molar-refractivity contribution in [3.63, 3.8) is 0 Å². The van der Waals surface area contributed by atoms with Crippen molar-refractivity contribution in [3.05, 3.63) is 34.4 Å². The third kappa shape index (κ3) is 4.31. The maximum Gasteiger partial charge on any atom is 0.0870 e. The molecule has 2 heteroatoms. The van der Waals surface area contributed by atoms with Crippen LogP contribution in [0.1, 0.15) is 55.0 Å². The van der Waals surface area contributed by atoms with Gasteiger partial charge in [0.15, 0.2) is 0 Å². The molecule has 1 heterocycles. The zero-order chi connectivity index (χ0) is 15.4. The highest BCUT2D eigenvalue weighted by Gasteiger charge is 2.29. The summed E-state index contributed by atoms with van der Waals surface area (Å²) in [5.74, 6) is 1.30. The molecule has 2 rings (SSSR count). The van der Waals surface area contributed by atoms with Crippen molar-refractivity contribution in [1.29, 1.82) is 0 Å². The minimum Gasteiger partial charge on any atom is -0.373 e. The summed E-state index contributed by atoms with van der Waals surface area (Å²) < 4.78 is 6.20. The smallest absolute Gasteiger partial charge is 0.0870 e. The zero-order valence-corrected chi connectivity index (χ0v) is 14.3. The Kier molecular flexibility index (Phi) is 5.83. The second-order valence-corrected chi connectivity index (χ2v) is 7.06. The van der Waals surface area contributed by atoms with E-state index < -0.39 is 0 Å². The molecule has 0 saturated carbocycles. The van der Waals surface area contributed by atoms with Crippen molar-refractivity contribution in [3.8, 4) is 0 Å². The van der Waals surface area contributed by atoms with Gasteiger partial charge in [0.2, 0.25) is 0 Å². The van der Waals surface area contributed by atoms with Gasteiger partial charge in [-0.1, -0.05) is 31.5 Å². The van der Waals surface area contributed by atoms with Gasteiger partial charge in [-0.15, -0.1) is 0 Å². The molecular formula is C19H31NO. The number of benzene rings is 1. The molecule has 2 nitrogen and oxygen atoms in total. The molecule has 0 amide bonds. The molecule has 21 heavy (non-hydrogen) atoms. The highest BCUT2D eigenvalue weighted by atomic mass is 16.5. The van der Waals surface area contributed by atoms with Gasteiger partial charge in [0.05, 0.1) is 6.10 Å². The van der Waals surface area contributed by atoms with E-state index in [0.717, 1.165) is 19.7 Å². The lowest BCUT2D eigenvalue weighted by molar-refractivity contribution is -0.0285. The quantitative estimate of drug-likeness (QED) is 0.871. The predicted molar refractivity (Wildman–Crippen MR) is 89.8 cm³/mol. The second-order valence-electron chi connectivity index (χ2n) is 7.06. The predicted octanol–water partition coefficient (Wildman–Crippen LogP) is 4.33. The van der Waals surface area contributed by atoms with Gasteiger partial charge in [-0.3, -0.25) is 0 Å². The highest BCUT2D eigenvalue weighted by molar-refractivity contribution is 5.39. The minimum absolute atomic E-state index is 0.263. The summed E-state index contributed by atoms with van der Waals surface area (Å²) in [5, 5.41) is 3.62. The van der Waals surface area contributed by atoms with Crippen molar-refractivity contribution in [2.75, 3.05) is 19.7 Å². The first kappa shape index (κ1) is 16.5. The van der Waals surface area contributed by atoms with E-state index in [2.05, 4.69) is 52.1 Å². The normalized spacial score (nSPS) is 22.8. The molecule has 118 valence electrons. The zero-order valence-electron chi connectivity index (χ0n) is 14.3. The maximum absolute atomic E-state index is 6.20. The molecule has 1 aromatic rings. The van der Waals surface area contributed by atoms with E-state index in [1.54, 1.807) is 0 Å². The first-order valence-electron chi connectivity index (χ1n) is 8.39. The van der Waals surface area contributed by atoms with Gasteiger partial charge in [0.25, 0.3) is 0 Å². The van der Waals surface area contributed by atoms with E-state index in [9.17, 15) is 0 Å². The number of ether oxygens (including phenoxy) is 1. The van der Waals surface area contributed by atoms with Crippen LogP contribution in [0.3, 0.4) is 0 Å². The van der Waals surface area contributed by atoms with Gasteiger partial charge in [-0.05, 0) is 62.8 Å². The van der Waals surface area contributed by atoms with Crippen molar-refractivity contribution in [2.45, 2.75) is 53.6 Å². The maximum atomic E-state index is 6.20. The van der Waals surface area contributed by atoms with Crippen LogP contribution in [-0.2, 0) is 4.74 Å². The van der Waals surface area contributed by atoms with Crippen LogP contribution in [-0.4, -0.2) is 19.7 Å². The van der Waals surface area contributed by atoms with Crippen LogP contribution in [0.2, 0.25) is 0 Å². The highest BCUT2D eigenvalue weighted by Crippen LogP contribution is 2.37. The Morgan fingerprint density at radius 2 is 1.86 bits per heavy atom. The van der Waals surface area contributed by atoms with Gasteiger partial charge in [-0.2, -0.15) is 0 Å². The molecule has 1 saturated heterocycles. The summed E-state index contributed by atoms with van der Waals surface area (Å²) in [6.07, 6.45) is 2.72. The number of aryl methyl sites for hydroxylation is 3. The Labute approximate surface area is 130 Å². The Bertz CT molecular complexity index is 444. The molecule has 0 aromatic heterocycles. The molecule has 0 radical (unpaired) electrons. The molecule has 2 unspecified atom stereocenters. The lowest BCUT2D eigenvalue weighted by Gasteiger charge is -2.34. The Morgan fingerprint density at radius 3 is 2.48 bits per heavy atom. The van der Waals surface area contributed by atoms with E-state index in [4.69, 9.17) is 4.74 Å². The van der Waals surface area contributed by atoms with Crippen LogP contribution in [0.4, 0.5) is 0 Å². The van der Waals surface area contributed by atoms with Crippen LogP contribution in [0.5, 0.6) is 0 Å². The largest absolute Gasteiger partial charge is 0.373 e. The molecule has 1 fully saturated rings. The van der Waals surface area contributed by atoms with Crippen LogP contribution in [0.25, 0.3) is 0 Å². The van der Waals surface area contributed by atoms with Gasteiger partial charge in [-0.25, -0.2) is 0 Å². The Hall–Kier alpha value is -0.860. The van der Waals surface area contributed by atoms with Gasteiger partial charge >= 0.3 is 0 Å². The van der Waals surface area contributed by atoms with E-state index in [1.807, 2.05) is 0 Å². The molecule has 0 aliphatic carbocycles. The third-order valence-corrected chi connectivity index (χ3v) is 4.43. The fraction of sp³-hybridized carbons (Fsp3) is 0.684. The minimum atomic E-state index is 0.263. The van der Waals surface area contributed by atoms with Crippen molar-refractivity contribution < 1.29 is 4.74 Å². The van der Waals surface area contributed by atoms with Crippen molar-refractivity contribution >= 4 is 0 Å². The van der Waals surface area contributed by atoms with Crippen LogP contribution < -0.4 is 5.32 Å². The molecule has 2 atom stereocenters. The van der Waals surface area contributed by atoms with Crippen molar-refractivity contribution in [1.82, 2.24) is 5.32 Å². The summed E-state index contributed by atoms with van der Waals surface area (Å²) in [6, 6.07) is 4.58. The molecule has 0 bridgehead atoms. The summed E-state index contributed by atoms with van der Waals surface area (Å²) in [7, 11) is 0. The molecule has 1 aromatic carbocycles. The summed E-state index contributed by atoms with van der Waals surface area (Å²) in [6.45, 7) is 14.2. The van der Waals surface area contributed by atoms with E-state index >= 15 is 0 Å². The second kappa shape index (κ2) is 7.42. The van der Waals surface area contributed by atoms with Crippen molar-refractivity contribution in [2.24, 2.45) is 11.8 Å². The molecular weight excluding hydrogens is 258 g/mol. The number of hydrogen-bond donors (Lipinski definition) is 1. The van der Waals surface area contributed by atoms with E-state index in [0.29, 0.717) is 11.8 Å². The van der Waals surface area contributed by atoms with E-state index in [1.165, 1.54) is 35.1 Å². The number of hydrogen-bond acceptors (Lipinski definition) is 2. The number of nitrogens with one attached hydrogen (secondary N) is 1. The monoisotopic (exact) mass is 289 g/mol. The average Bonchev–Trinajstić information content (AvgIpc) is 2.39. The Balaban J connectivity index is 2.15. The SMILES string of the molecule is Cc1cc(C)c(C2OCCCC2CNCC(C)C)c(C)c1. The molecule has 1 N–H and O–H groups in total. The standard InChI is InChI=1S/C19H31NO/c1-13(2)11-20-12-17-7-6-8-21-19(17)18-15(4)9-14(3)10-16(18)5/h9-10,13,17,19-20H,6-8,11-12H2,1-5H3. The molecule has 1 aliphatic rings.